The van der Waals surface area contributed by atoms with Gasteiger partial charge in [0.15, 0.2) is 5.96 Å². The van der Waals surface area contributed by atoms with E-state index in [1.54, 1.807) is 7.05 Å². The molecule has 3 aromatic rings. The molecule has 2 heterocycles. The normalized spacial score (nSPS) is 11.0. The number of hydrogen-bond donors (Lipinski definition) is 2. The van der Waals surface area contributed by atoms with Crippen molar-refractivity contribution in [2.45, 2.75) is 13.1 Å². The first-order valence-electron chi connectivity index (χ1n) is 8.74. The summed E-state index contributed by atoms with van der Waals surface area (Å²) in [5, 5.41) is 17.9. The fourth-order valence-electron chi connectivity index (χ4n) is 2.74. The van der Waals surface area contributed by atoms with E-state index in [4.69, 9.17) is 0 Å². The lowest BCUT2D eigenvalue weighted by Gasteiger charge is -2.21. The molecule has 11 heteroatoms. The van der Waals surface area contributed by atoms with Gasteiger partial charge < -0.3 is 15.2 Å². The van der Waals surface area contributed by atoms with Crippen LogP contribution in [0.5, 0.6) is 0 Å². The topological polar surface area (TPSA) is 117 Å². The van der Waals surface area contributed by atoms with Gasteiger partial charge >= 0.3 is 5.69 Å². The fourth-order valence-corrected chi connectivity index (χ4v) is 2.74. The summed E-state index contributed by atoms with van der Waals surface area (Å²) in [4.78, 5) is 24.2. The third-order valence-corrected chi connectivity index (χ3v) is 4.13. The van der Waals surface area contributed by atoms with E-state index < -0.39 is 4.92 Å². The predicted octanol–water partition coefficient (Wildman–Crippen LogP) is 2.51. The zero-order chi connectivity index (χ0) is 19.9. The Morgan fingerprint density at radius 1 is 1.34 bits per heavy atom. The van der Waals surface area contributed by atoms with E-state index in [1.165, 1.54) is 17.1 Å². The molecular weight excluding hydrogens is 487 g/mol. The number of hydrogen-bond acceptors (Lipinski definition) is 5. The van der Waals surface area contributed by atoms with Gasteiger partial charge in [0.05, 0.1) is 29.9 Å². The number of rotatable bonds is 7. The van der Waals surface area contributed by atoms with E-state index >= 15 is 0 Å². The molecule has 3 rings (SSSR count). The quantitative estimate of drug-likeness (QED) is 0.166. The van der Waals surface area contributed by atoms with E-state index in [0.29, 0.717) is 25.6 Å². The smallest absolute Gasteiger partial charge is 0.306 e. The second-order valence-electron chi connectivity index (χ2n) is 6.16. The second kappa shape index (κ2) is 10.5. The molecule has 0 aliphatic carbocycles. The Bertz CT molecular complexity index is 954. The summed E-state index contributed by atoms with van der Waals surface area (Å²) in [6.45, 7) is 1.57. The molecule has 154 valence electrons. The average molecular weight is 510 g/mol. The summed E-state index contributed by atoms with van der Waals surface area (Å²) in [5.74, 6) is 1.52. The summed E-state index contributed by atoms with van der Waals surface area (Å²) < 4.78 is 1.52. The van der Waals surface area contributed by atoms with Crippen LogP contribution in [-0.2, 0) is 13.1 Å². The minimum atomic E-state index is -0.462. The van der Waals surface area contributed by atoms with Crippen molar-refractivity contribution in [3.8, 4) is 11.3 Å². The lowest BCUT2D eigenvalue weighted by Crippen LogP contribution is -2.40. The minimum Gasteiger partial charge on any atom is -0.354 e. The number of halogens is 1. The molecule has 0 saturated carbocycles. The predicted molar refractivity (Wildman–Crippen MR) is 121 cm³/mol. The van der Waals surface area contributed by atoms with E-state index in [1.807, 2.05) is 48.5 Å². The molecule has 0 amide bonds. The summed E-state index contributed by atoms with van der Waals surface area (Å²) in [7, 11) is 3.62. The molecule has 10 nitrogen and oxygen atoms in total. The zero-order valence-corrected chi connectivity index (χ0v) is 18.5. The largest absolute Gasteiger partial charge is 0.354 e. The second-order valence-corrected chi connectivity index (χ2v) is 6.16. The van der Waals surface area contributed by atoms with Gasteiger partial charge in [-0.15, -0.1) is 24.0 Å². The van der Waals surface area contributed by atoms with Gasteiger partial charge in [-0.2, -0.15) is 5.10 Å². The number of nitro groups is 1. The van der Waals surface area contributed by atoms with Gasteiger partial charge in [0.25, 0.3) is 0 Å². The molecule has 2 N–H and O–H groups in total. The van der Waals surface area contributed by atoms with Crippen LogP contribution in [0.4, 0.5) is 5.69 Å². The Balaban J connectivity index is 0.00000300. The number of imidazole rings is 1. The monoisotopic (exact) mass is 510 g/mol. The Kier molecular flexibility index (Phi) is 8.12. The van der Waals surface area contributed by atoms with Gasteiger partial charge in [0.2, 0.25) is 0 Å². The lowest BCUT2D eigenvalue weighted by atomic mass is 10.2. The van der Waals surface area contributed by atoms with Crippen LogP contribution in [0.25, 0.3) is 11.3 Å². The first kappa shape index (κ1) is 22.3. The highest BCUT2D eigenvalue weighted by molar-refractivity contribution is 14.0. The highest BCUT2D eigenvalue weighted by atomic mass is 127. The van der Waals surface area contributed by atoms with Crippen LogP contribution in [0.2, 0.25) is 0 Å². The van der Waals surface area contributed by atoms with Crippen molar-refractivity contribution in [1.29, 1.82) is 0 Å². The van der Waals surface area contributed by atoms with Crippen molar-refractivity contribution >= 4 is 35.6 Å². The molecule has 0 unspecified atom stereocenters. The van der Waals surface area contributed by atoms with Crippen LogP contribution in [0.1, 0.15) is 5.82 Å². The number of aromatic amines is 1. The SMILES string of the molecule is CN=C(NCCn1cc([N+](=O)[O-])cn1)N(C)Cc1ncc(-c2ccccc2)[nH]1.I. The number of benzene rings is 1. The standard InChI is InChI=1S/C18H22N8O2.HI/c1-19-18(20-8-9-25-12-15(10-22-25)26(27)28)24(2)13-17-21-11-16(23-17)14-6-4-3-5-7-14;/h3-7,10-12H,8-9,13H2,1-2H3,(H,19,20)(H,21,23);1H. The van der Waals surface area contributed by atoms with Crippen LogP contribution >= 0.6 is 24.0 Å². The first-order chi connectivity index (χ1) is 13.6. The van der Waals surface area contributed by atoms with Crippen molar-refractivity contribution in [1.82, 2.24) is 30.0 Å². The molecule has 0 bridgehead atoms. The Labute approximate surface area is 185 Å². The molecule has 1 aromatic carbocycles. The molecule has 0 aliphatic rings. The lowest BCUT2D eigenvalue weighted by molar-refractivity contribution is -0.385. The van der Waals surface area contributed by atoms with Crippen LogP contribution in [0.15, 0.2) is 53.9 Å². The summed E-state index contributed by atoms with van der Waals surface area (Å²) in [6, 6.07) is 10.0. The average Bonchev–Trinajstić information content (AvgIpc) is 3.35. The van der Waals surface area contributed by atoms with Gasteiger partial charge in [0, 0.05) is 20.6 Å². The van der Waals surface area contributed by atoms with Gasteiger partial charge in [-0.3, -0.25) is 19.8 Å². The maximum Gasteiger partial charge on any atom is 0.306 e. The number of H-pyrrole nitrogens is 1. The summed E-state index contributed by atoms with van der Waals surface area (Å²) >= 11 is 0. The van der Waals surface area contributed by atoms with Gasteiger partial charge in [-0.05, 0) is 5.56 Å². The van der Waals surface area contributed by atoms with Crippen molar-refractivity contribution in [2.24, 2.45) is 4.99 Å². The van der Waals surface area contributed by atoms with E-state index in [9.17, 15) is 10.1 Å². The van der Waals surface area contributed by atoms with Gasteiger partial charge in [-0.1, -0.05) is 30.3 Å². The number of aromatic nitrogens is 4. The van der Waals surface area contributed by atoms with Crippen molar-refractivity contribution in [3.63, 3.8) is 0 Å². The molecule has 0 saturated heterocycles. The molecule has 29 heavy (non-hydrogen) atoms. The molecule has 2 aromatic heterocycles. The summed E-state index contributed by atoms with van der Waals surface area (Å²) in [6.07, 6.45) is 4.46. The van der Waals surface area contributed by atoms with Gasteiger partial charge in [-0.25, -0.2) is 4.98 Å². The number of nitrogens with one attached hydrogen (secondary N) is 2. The molecule has 0 spiro atoms. The number of nitrogens with zero attached hydrogens (tertiary/aromatic N) is 6. The Morgan fingerprint density at radius 3 is 2.76 bits per heavy atom. The number of aliphatic imine (C=N–C) groups is 1. The zero-order valence-electron chi connectivity index (χ0n) is 16.1. The highest BCUT2D eigenvalue weighted by Crippen LogP contribution is 2.16. The highest BCUT2D eigenvalue weighted by Gasteiger charge is 2.11. The number of guanidine groups is 1. The fraction of sp³-hybridized carbons (Fsp3) is 0.278. The molecule has 0 atom stereocenters. The minimum absolute atomic E-state index is 0. The first-order valence-corrected chi connectivity index (χ1v) is 8.74. The van der Waals surface area contributed by atoms with Crippen LogP contribution in [-0.4, -0.2) is 56.2 Å². The van der Waals surface area contributed by atoms with E-state index in [-0.39, 0.29) is 29.7 Å². The maximum atomic E-state index is 10.7. The molecule has 0 fully saturated rings. The Hall–Kier alpha value is -2.96. The molecule has 0 aliphatic heterocycles. The van der Waals surface area contributed by atoms with Gasteiger partial charge in [0.1, 0.15) is 18.2 Å². The maximum absolute atomic E-state index is 10.7. The Morgan fingerprint density at radius 2 is 2.10 bits per heavy atom. The van der Waals surface area contributed by atoms with Crippen LogP contribution < -0.4 is 5.32 Å². The van der Waals surface area contributed by atoms with Crippen molar-refractivity contribution in [3.05, 3.63) is 64.9 Å². The molecule has 0 radical (unpaired) electrons. The van der Waals surface area contributed by atoms with E-state index in [2.05, 4.69) is 25.4 Å². The third kappa shape index (κ3) is 6.01. The third-order valence-electron chi connectivity index (χ3n) is 4.13. The van der Waals surface area contributed by atoms with E-state index in [0.717, 1.165) is 17.1 Å². The molecular formula is C18H23IN8O2. The summed E-state index contributed by atoms with van der Waals surface area (Å²) in [5.41, 5.74) is 2.03. The van der Waals surface area contributed by atoms with Crippen LogP contribution in [0.3, 0.4) is 0 Å². The van der Waals surface area contributed by atoms with Crippen LogP contribution in [0, 0.1) is 10.1 Å². The van der Waals surface area contributed by atoms with Crippen molar-refractivity contribution in [2.75, 3.05) is 20.6 Å². The van der Waals surface area contributed by atoms with Crippen molar-refractivity contribution < 1.29 is 4.92 Å².